The van der Waals surface area contributed by atoms with Crippen molar-refractivity contribution in [2.45, 2.75) is 4.34 Å². The molecule has 2 aromatic rings. The Morgan fingerprint density at radius 1 is 1.45 bits per heavy atom. The minimum Gasteiger partial charge on any atom is -0.468 e. The average Bonchev–Trinajstić information content (AvgIpc) is 2.94. The normalized spacial score (nSPS) is 10.3. The van der Waals surface area contributed by atoms with E-state index in [1.165, 1.54) is 18.9 Å². The molecule has 0 bridgehead atoms. The molecule has 0 aliphatic rings. The maximum Gasteiger partial charge on any atom is 0.316 e. The first-order valence-electron chi connectivity index (χ1n) is 5.79. The maximum absolute atomic E-state index is 12.2. The zero-order valence-electron chi connectivity index (χ0n) is 11.1. The predicted octanol–water partition coefficient (Wildman–Crippen LogP) is 3.47. The summed E-state index contributed by atoms with van der Waals surface area (Å²) >= 11 is 11.6. The molecule has 0 spiro atoms. The molecular weight excluding hydrogens is 414 g/mol. The van der Waals surface area contributed by atoms with Gasteiger partial charge in [0.2, 0.25) is 5.13 Å². The zero-order chi connectivity index (χ0) is 16.1. The van der Waals surface area contributed by atoms with Crippen LogP contribution in [0.1, 0.15) is 10.4 Å². The van der Waals surface area contributed by atoms with Gasteiger partial charge in [0.1, 0.15) is 0 Å². The number of hydrogen-bond acceptors (Lipinski definition) is 7. The van der Waals surface area contributed by atoms with Gasteiger partial charge in [0.05, 0.1) is 23.4 Å². The van der Waals surface area contributed by atoms with Gasteiger partial charge in [-0.1, -0.05) is 50.6 Å². The Morgan fingerprint density at radius 2 is 2.23 bits per heavy atom. The van der Waals surface area contributed by atoms with E-state index in [2.05, 4.69) is 36.2 Å². The highest BCUT2D eigenvalue weighted by atomic mass is 79.9. The number of thioether (sulfide) groups is 1. The Labute approximate surface area is 147 Å². The molecule has 1 N–H and O–H groups in total. The van der Waals surface area contributed by atoms with Crippen molar-refractivity contribution < 1.29 is 14.3 Å². The number of nitrogens with zero attached hydrogens (tertiary/aromatic N) is 2. The largest absolute Gasteiger partial charge is 0.468 e. The standard InChI is InChI=1S/C12H9BrClN3O3S2/c1-20-9(18)5-21-12-17-16-11(22-12)15-10(19)7-4-6(13)2-3-8(7)14/h2-4H,5H2,1H3,(H,15,16,19). The number of esters is 1. The number of hydrogen-bond donors (Lipinski definition) is 1. The molecule has 1 aromatic heterocycles. The van der Waals surface area contributed by atoms with E-state index in [1.54, 1.807) is 18.2 Å². The lowest BCUT2D eigenvalue weighted by Crippen LogP contribution is -2.12. The molecule has 0 unspecified atom stereocenters. The summed E-state index contributed by atoms with van der Waals surface area (Å²) in [7, 11) is 1.32. The van der Waals surface area contributed by atoms with Crippen molar-refractivity contribution >= 4 is 67.6 Å². The average molecular weight is 423 g/mol. The summed E-state index contributed by atoms with van der Waals surface area (Å²) in [5.74, 6) is -0.602. The van der Waals surface area contributed by atoms with Gasteiger partial charge in [-0.2, -0.15) is 0 Å². The molecule has 22 heavy (non-hydrogen) atoms. The van der Waals surface area contributed by atoms with Gasteiger partial charge < -0.3 is 4.74 Å². The minimum absolute atomic E-state index is 0.135. The Bertz CT molecular complexity index is 711. The van der Waals surface area contributed by atoms with Crippen LogP contribution in [0.15, 0.2) is 27.0 Å². The number of amides is 1. The summed E-state index contributed by atoms with van der Waals surface area (Å²) < 4.78 is 5.83. The third kappa shape index (κ3) is 4.67. The number of ether oxygens (including phenoxy) is 1. The van der Waals surface area contributed by atoms with Crippen LogP contribution in [-0.2, 0) is 9.53 Å². The number of nitrogens with one attached hydrogen (secondary N) is 1. The Kier molecular flexibility index (Phi) is 6.18. The van der Waals surface area contributed by atoms with Crippen molar-refractivity contribution in [2.24, 2.45) is 0 Å². The van der Waals surface area contributed by atoms with E-state index in [1.807, 2.05) is 0 Å². The van der Waals surface area contributed by atoms with Crippen molar-refractivity contribution in [3.05, 3.63) is 33.3 Å². The Hall–Kier alpha value is -1.16. The molecular formula is C12H9BrClN3O3S2. The second-order valence-corrected chi connectivity index (χ2v) is 7.34. The van der Waals surface area contributed by atoms with E-state index >= 15 is 0 Å². The highest BCUT2D eigenvalue weighted by Crippen LogP contribution is 2.27. The second kappa shape index (κ2) is 7.91. The van der Waals surface area contributed by atoms with Gasteiger partial charge in [0.25, 0.3) is 5.91 Å². The lowest BCUT2D eigenvalue weighted by atomic mass is 10.2. The van der Waals surface area contributed by atoms with Crippen molar-refractivity contribution in [1.82, 2.24) is 10.2 Å². The van der Waals surface area contributed by atoms with Crippen LogP contribution >= 0.6 is 50.6 Å². The Morgan fingerprint density at radius 3 is 2.95 bits per heavy atom. The van der Waals surface area contributed by atoms with Crippen molar-refractivity contribution in [2.75, 3.05) is 18.2 Å². The third-order valence-electron chi connectivity index (χ3n) is 2.34. The number of methoxy groups -OCH3 is 1. The lowest BCUT2D eigenvalue weighted by molar-refractivity contribution is -0.137. The molecule has 0 saturated carbocycles. The van der Waals surface area contributed by atoms with E-state index in [9.17, 15) is 9.59 Å². The van der Waals surface area contributed by atoms with E-state index in [0.717, 1.165) is 15.8 Å². The molecule has 0 atom stereocenters. The van der Waals surface area contributed by atoms with E-state index in [-0.39, 0.29) is 17.6 Å². The summed E-state index contributed by atoms with van der Waals surface area (Å²) in [6.45, 7) is 0. The van der Waals surface area contributed by atoms with Crippen LogP contribution in [0, 0.1) is 0 Å². The molecule has 0 fully saturated rings. The third-order valence-corrected chi connectivity index (χ3v) is 5.11. The SMILES string of the molecule is COC(=O)CSc1nnc(NC(=O)c2cc(Br)ccc2Cl)s1. The Balaban J connectivity index is 2.02. The highest BCUT2D eigenvalue weighted by molar-refractivity contribution is 9.10. The van der Waals surface area contributed by atoms with Gasteiger partial charge >= 0.3 is 5.97 Å². The molecule has 0 saturated heterocycles. The number of aromatic nitrogens is 2. The molecule has 116 valence electrons. The summed E-state index contributed by atoms with van der Waals surface area (Å²) in [4.78, 5) is 23.2. The van der Waals surface area contributed by atoms with Crippen LogP contribution < -0.4 is 5.32 Å². The first kappa shape index (κ1) is 17.2. The number of benzene rings is 1. The number of anilines is 1. The summed E-state index contributed by atoms with van der Waals surface area (Å²) in [5, 5.41) is 11.0. The van der Waals surface area contributed by atoms with Gasteiger partial charge in [-0.25, -0.2) is 0 Å². The fourth-order valence-corrected chi connectivity index (χ4v) is 3.48. The van der Waals surface area contributed by atoms with Crippen LogP contribution in [-0.4, -0.2) is 34.9 Å². The van der Waals surface area contributed by atoms with Gasteiger partial charge in [-0.05, 0) is 18.2 Å². The fourth-order valence-electron chi connectivity index (χ4n) is 1.33. The van der Waals surface area contributed by atoms with Gasteiger partial charge in [-0.15, -0.1) is 10.2 Å². The van der Waals surface area contributed by atoms with Gasteiger partial charge in [0, 0.05) is 4.47 Å². The maximum atomic E-state index is 12.2. The number of carbonyl (C=O) groups is 2. The summed E-state index contributed by atoms with van der Waals surface area (Å²) in [6, 6.07) is 4.98. The summed E-state index contributed by atoms with van der Waals surface area (Å²) in [6.07, 6.45) is 0. The zero-order valence-corrected chi connectivity index (χ0v) is 15.1. The monoisotopic (exact) mass is 421 g/mol. The molecule has 1 aromatic carbocycles. The van der Waals surface area contributed by atoms with Crippen LogP contribution in [0.4, 0.5) is 5.13 Å². The predicted molar refractivity (Wildman–Crippen MR) is 89.8 cm³/mol. The first-order valence-corrected chi connectivity index (χ1v) is 8.76. The van der Waals surface area contributed by atoms with Crippen LogP contribution in [0.2, 0.25) is 5.02 Å². The van der Waals surface area contributed by atoms with Crippen LogP contribution in [0.25, 0.3) is 0 Å². The number of carbonyl (C=O) groups excluding carboxylic acids is 2. The van der Waals surface area contributed by atoms with Crippen LogP contribution in [0.3, 0.4) is 0 Å². The molecule has 6 nitrogen and oxygen atoms in total. The van der Waals surface area contributed by atoms with E-state index in [4.69, 9.17) is 11.6 Å². The minimum atomic E-state index is -0.382. The summed E-state index contributed by atoms with van der Waals surface area (Å²) in [5.41, 5.74) is 0.329. The first-order chi connectivity index (χ1) is 10.5. The molecule has 0 radical (unpaired) electrons. The molecule has 1 heterocycles. The topological polar surface area (TPSA) is 81.2 Å². The number of halogens is 2. The highest BCUT2D eigenvalue weighted by Gasteiger charge is 2.14. The quantitative estimate of drug-likeness (QED) is 0.451. The molecule has 0 aliphatic heterocycles. The second-order valence-electron chi connectivity index (χ2n) is 3.82. The van der Waals surface area contributed by atoms with Gasteiger partial charge in [0.15, 0.2) is 4.34 Å². The molecule has 0 aliphatic carbocycles. The van der Waals surface area contributed by atoms with Crippen LogP contribution in [0.5, 0.6) is 0 Å². The van der Waals surface area contributed by atoms with Crippen molar-refractivity contribution in [3.63, 3.8) is 0 Å². The molecule has 2 rings (SSSR count). The lowest BCUT2D eigenvalue weighted by Gasteiger charge is -2.04. The number of rotatable bonds is 5. The smallest absolute Gasteiger partial charge is 0.316 e. The van der Waals surface area contributed by atoms with Crippen molar-refractivity contribution in [1.29, 1.82) is 0 Å². The fraction of sp³-hybridized carbons (Fsp3) is 0.167. The van der Waals surface area contributed by atoms with Crippen molar-refractivity contribution in [3.8, 4) is 0 Å². The van der Waals surface area contributed by atoms with Gasteiger partial charge in [-0.3, -0.25) is 14.9 Å². The van der Waals surface area contributed by atoms with E-state index < -0.39 is 0 Å². The molecule has 10 heteroatoms. The molecule has 1 amide bonds. The van der Waals surface area contributed by atoms with E-state index in [0.29, 0.717) is 20.1 Å².